The van der Waals surface area contributed by atoms with Gasteiger partial charge in [-0.15, -0.1) is 0 Å². The van der Waals surface area contributed by atoms with Crippen LogP contribution in [-0.2, 0) is 20.9 Å². The zero-order valence-corrected chi connectivity index (χ0v) is 14.4. The first-order valence-electron chi connectivity index (χ1n) is 8.50. The molecule has 0 bridgehead atoms. The second-order valence-corrected chi connectivity index (χ2v) is 6.44. The highest BCUT2D eigenvalue weighted by Gasteiger charge is 2.35. The van der Waals surface area contributed by atoms with Crippen LogP contribution in [0.5, 0.6) is 0 Å². The lowest BCUT2D eigenvalue weighted by Crippen LogP contribution is -2.37. The number of carboxylic acids is 1. The van der Waals surface area contributed by atoms with Crippen molar-refractivity contribution < 1.29 is 28.3 Å². The van der Waals surface area contributed by atoms with E-state index in [1.165, 1.54) is 35.4 Å². The number of halogens is 1. The molecular formula is C19H19FN2O5. The van der Waals surface area contributed by atoms with E-state index in [1.54, 1.807) is 12.1 Å². The van der Waals surface area contributed by atoms with Crippen molar-refractivity contribution in [2.45, 2.75) is 18.9 Å². The van der Waals surface area contributed by atoms with Crippen molar-refractivity contribution in [3.63, 3.8) is 0 Å². The van der Waals surface area contributed by atoms with E-state index in [0.717, 1.165) is 0 Å². The van der Waals surface area contributed by atoms with E-state index in [1.807, 2.05) is 0 Å². The zero-order chi connectivity index (χ0) is 19.4. The molecule has 1 saturated heterocycles. The number of hydrogen-bond acceptors (Lipinski definition) is 4. The Morgan fingerprint density at radius 1 is 1.30 bits per heavy atom. The van der Waals surface area contributed by atoms with E-state index in [9.17, 15) is 23.9 Å². The Bertz CT molecular complexity index is 819. The Balaban J connectivity index is 1.57. The summed E-state index contributed by atoms with van der Waals surface area (Å²) in [6.07, 6.45) is 1.59. The van der Waals surface area contributed by atoms with Crippen LogP contribution in [0.15, 0.2) is 47.1 Å². The van der Waals surface area contributed by atoms with Crippen LogP contribution < -0.4 is 5.32 Å². The number of hydrogen-bond donors (Lipinski definition) is 2. The lowest BCUT2D eigenvalue weighted by molar-refractivity contribution is -0.139. The van der Waals surface area contributed by atoms with Gasteiger partial charge in [0.1, 0.15) is 11.6 Å². The molecule has 2 N–H and O–H groups in total. The lowest BCUT2D eigenvalue weighted by Gasteiger charge is -2.17. The number of amides is 2. The fourth-order valence-corrected chi connectivity index (χ4v) is 3.08. The molecule has 0 aliphatic carbocycles. The Kier molecular flexibility index (Phi) is 5.54. The first-order valence-corrected chi connectivity index (χ1v) is 8.50. The molecule has 1 aromatic carbocycles. The van der Waals surface area contributed by atoms with Gasteiger partial charge in [-0.1, -0.05) is 12.1 Å². The summed E-state index contributed by atoms with van der Waals surface area (Å²) < 4.78 is 18.2. The second kappa shape index (κ2) is 8.03. The molecule has 0 saturated carbocycles. The SMILES string of the molecule is O=C(NCC(C(=O)O)c1ccc(F)cc1)C1CC(=O)N(Cc2ccco2)C1. The normalized spacial score (nSPS) is 17.7. The second-order valence-electron chi connectivity index (χ2n) is 6.44. The molecule has 1 aromatic heterocycles. The molecule has 2 amide bonds. The number of furan rings is 1. The van der Waals surface area contributed by atoms with E-state index < -0.39 is 23.6 Å². The van der Waals surface area contributed by atoms with E-state index in [4.69, 9.17) is 4.42 Å². The maximum Gasteiger partial charge on any atom is 0.312 e. The van der Waals surface area contributed by atoms with Crippen molar-refractivity contribution in [1.29, 1.82) is 0 Å². The predicted molar refractivity (Wildman–Crippen MR) is 92.0 cm³/mol. The molecule has 1 fully saturated rings. The van der Waals surface area contributed by atoms with Crippen LogP contribution in [0.4, 0.5) is 4.39 Å². The summed E-state index contributed by atoms with van der Waals surface area (Å²) in [5.41, 5.74) is 0.395. The van der Waals surface area contributed by atoms with Gasteiger partial charge >= 0.3 is 5.97 Å². The van der Waals surface area contributed by atoms with Crippen LogP contribution in [0.3, 0.4) is 0 Å². The summed E-state index contributed by atoms with van der Waals surface area (Å²) in [5, 5.41) is 12.0. The van der Waals surface area contributed by atoms with Crippen molar-refractivity contribution in [3.05, 3.63) is 59.8 Å². The van der Waals surface area contributed by atoms with Crippen molar-refractivity contribution in [1.82, 2.24) is 10.2 Å². The third kappa shape index (κ3) is 4.52. The number of benzene rings is 1. The average Bonchev–Trinajstić information content (AvgIpc) is 3.27. The molecule has 27 heavy (non-hydrogen) atoms. The molecule has 1 aliphatic rings. The summed E-state index contributed by atoms with van der Waals surface area (Å²) in [5.74, 6) is -3.02. The molecule has 0 radical (unpaired) electrons. The molecule has 7 nitrogen and oxygen atoms in total. The predicted octanol–water partition coefficient (Wildman–Crippen LogP) is 1.75. The highest BCUT2D eigenvalue weighted by atomic mass is 19.1. The molecule has 1 aliphatic heterocycles. The number of carbonyl (C=O) groups is 3. The Morgan fingerprint density at radius 2 is 2.04 bits per heavy atom. The van der Waals surface area contributed by atoms with E-state index in [2.05, 4.69) is 5.32 Å². The maximum absolute atomic E-state index is 13.0. The van der Waals surface area contributed by atoms with Gasteiger partial charge in [0, 0.05) is 19.5 Å². The van der Waals surface area contributed by atoms with Gasteiger partial charge in [-0.2, -0.15) is 0 Å². The number of rotatable bonds is 7. The Labute approximate surface area is 154 Å². The fourth-order valence-electron chi connectivity index (χ4n) is 3.08. The Morgan fingerprint density at radius 3 is 2.67 bits per heavy atom. The van der Waals surface area contributed by atoms with Crippen LogP contribution in [0, 0.1) is 11.7 Å². The summed E-state index contributed by atoms with van der Waals surface area (Å²) >= 11 is 0. The van der Waals surface area contributed by atoms with Crippen LogP contribution in [0.1, 0.15) is 23.7 Å². The van der Waals surface area contributed by atoms with Crippen LogP contribution in [0.25, 0.3) is 0 Å². The minimum absolute atomic E-state index is 0.0703. The van der Waals surface area contributed by atoms with Gasteiger partial charge in [0.15, 0.2) is 0 Å². The number of nitrogens with one attached hydrogen (secondary N) is 1. The number of carbonyl (C=O) groups excluding carboxylic acids is 2. The zero-order valence-electron chi connectivity index (χ0n) is 14.4. The van der Waals surface area contributed by atoms with E-state index >= 15 is 0 Å². The van der Waals surface area contributed by atoms with Crippen molar-refractivity contribution >= 4 is 17.8 Å². The monoisotopic (exact) mass is 374 g/mol. The van der Waals surface area contributed by atoms with Gasteiger partial charge in [0.2, 0.25) is 11.8 Å². The maximum atomic E-state index is 13.0. The number of aliphatic carboxylic acids is 1. The standard InChI is InChI=1S/C19H19FN2O5/c20-14-5-3-12(4-6-14)16(19(25)26)9-21-18(24)13-8-17(23)22(10-13)11-15-2-1-7-27-15/h1-7,13,16H,8-11H2,(H,21,24)(H,25,26). The first-order chi connectivity index (χ1) is 12.9. The molecule has 8 heteroatoms. The first kappa shape index (κ1) is 18.6. The summed E-state index contributed by atoms with van der Waals surface area (Å²) in [7, 11) is 0. The number of likely N-dealkylation sites (tertiary alicyclic amines) is 1. The lowest BCUT2D eigenvalue weighted by atomic mass is 9.98. The van der Waals surface area contributed by atoms with Crippen molar-refractivity contribution in [2.24, 2.45) is 5.92 Å². The molecule has 0 spiro atoms. The number of carboxylic acid groups (broad SMARTS) is 1. The minimum Gasteiger partial charge on any atom is -0.481 e. The summed E-state index contributed by atoms with van der Waals surface area (Å²) in [6.45, 7) is 0.408. The topological polar surface area (TPSA) is 99.8 Å². The van der Waals surface area contributed by atoms with Gasteiger partial charge in [0.05, 0.1) is 24.6 Å². The van der Waals surface area contributed by atoms with Gasteiger partial charge in [0.25, 0.3) is 0 Å². The largest absolute Gasteiger partial charge is 0.481 e. The fraction of sp³-hybridized carbons (Fsp3) is 0.316. The third-order valence-corrected chi connectivity index (χ3v) is 4.56. The number of nitrogens with zero attached hydrogens (tertiary/aromatic N) is 1. The van der Waals surface area contributed by atoms with Crippen molar-refractivity contribution in [2.75, 3.05) is 13.1 Å². The van der Waals surface area contributed by atoms with Gasteiger partial charge in [-0.25, -0.2) is 4.39 Å². The molecule has 2 atom stereocenters. The van der Waals surface area contributed by atoms with Crippen LogP contribution in [-0.4, -0.2) is 40.9 Å². The highest BCUT2D eigenvalue weighted by Crippen LogP contribution is 2.21. The quantitative estimate of drug-likeness (QED) is 0.769. The molecule has 2 unspecified atom stereocenters. The molecule has 2 aromatic rings. The average molecular weight is 374 g/mol. The van der Waals surface area contributed by atoms with Crippen LogP contribution >= 0.6 is 0 Å². The third-order valence-electron chi connectivity index (χ3n) is 4.56. The van der Waals surface area contributed by atoms with Crippen LogP contribution in [0.2, 0.25) is 0 Å². The summed E-state index contributed by atoms with van der Waals surface area (Å²) in [4.78, 5) is 37.5. The van der Waals surface area contributed by atoms with Gasteiger partial charge in [-0.3, -0.25) is 14.4 Å². The van der Waals surface area contributed by atoms with Crippen molar-refractivity contribution in [3.8, 4) is 0 Å². The molecule has 3 rings (SSSR count). The van der Waals surface area contributed by atoms with E-state index in [-0.39, 0.29) is 31.3 Å². The van der Waals surface area contributed by atoms with E-state index in [0.29, 0.717) is 17.9 Å². The molecular weight excluding hydrogens is 355 g/mol. The summed E-state index contributed by atoms with van der Waals surface area (Å²) in [6, 6.07) is 8.59. The smallest absolute Gasteiger partial charge is 0.312 e. The Hall–Kier alpha value is -3.16. The molecule has 2 heterocycles. The van der Waals surface area contributed by atoms with Gasteiger partial charge in [-0.05, 0) is 29.8 Å². The molecule has 142 valence electrons. The highest BCUT2D eigenvalue weighted by molar-refractivity contribution is 5.89. The minimum atomic E-state index is -1.12. The van der Waals surface area contributed by atoms with Gasteiger partial charge < -0.3 is 19.7 Å².